The van der Waals surface area contributed by atoms with Gasteiger partial charge >= 0.3 is 6.18 Å². The maximum Gasteiger partial charge on any atom is 0.418 e. The molecule has 29 heavy (non-hydrogen) atoms. The lowest BCUT2D eigenvalue weighted by Crippen LogP contribution is -2.75. The average molecular weight is 412 g/mol. The molecule has 1 unspecified atom stereocenters. The number of aromatic nitrogens is 1. The molecule has 3 rings (SSSR count). The number of hydrazine groups is 1. The van der Waals surface area contributed by atoms with Gasteiger partial charge in [-0.2, -0.15) is 13.2 Å². The van der Waals surface area contributed by atoms with Crippen LogP contribution < -0.4 is 11.2 Å². The highest BCUT2D eigenvalue weighted by Crippen LogP contribution is 2.51. The van der Waals surface area contributed by atoms with Crippen molar-refractivity contribution in [1.82, 2.24) is 9.99 Å². The van der Waals surface area contributed by atoms with Crippen molar-refractivity contribution in [1.29, 1.82) is 0 Å². The van der Waals surface area contributed by atoms with Crippen LogP contribution in [0.2, 0.25) is 0 Å². The number of hydrogen-bond donors (Lipinski definition) is 2. The summed E-state index contributed by atoms with van der Waals surface area (Å²) in [4.78, 5) is 11.4. The Morgan fingerprint density at radius 3 is 2.83 bits per heavy atom. The molecule has 2 bridgehead atoms. The lowest BCUT2D eigenvalue weighted by atomic mass is 9.63. The normalized spacial score (nSPS) is 29.0. The Labute approximate surface area is 168 Å². The van der Waals surface area contributed by atoms with Gasteiger partial charge < -0.3 is 15.9 Å². The Morgan fingerprint density at radius 1 is 1.48 bits per heavy atom. The molecule has 160 valence electrons. The van der Waals surface area contributed by atoms with Crippen molar-refractivity contribution in [2.24, 2.45) is 21.6 Å². The Bertz CT molecular complexity index is 812. The second-order valence-electron chi connectivity index (χ2n) is 7.87. The van der Waals surface area contributed by atoms with Gasteiger partial charge in [0.25, 0.3) is 0 Å². The second-order valence-corrected chi connectivity index (χ2v) is 7.87. The van der Waals surface area contributed by atoms with Crippen LogP contribution in [0.1, 0.15) is 44.2 Å². The predicted octanol–water partition coefficient (Wildman–Crippen LogP) is 3.07. The van der Waals surface area contributed by atoms with Crippen molar-refractivity contribution >= 4 is 18.0 Å². The number of nitrogens with two attached hydrogens (primary N) is 1. The number of nitrogens with zero attached hydrogens (tertiary/aromatic N) is 4. The van der Waals surface area contributed by atoms with Crippen LogP contribution in [0.4, 0.5) is 19.0 Å². The summed E-state index contributed by atoms with van der Waals surface area (Å²) in [7, 11) is 3.13. The predicted molar refractivity (Wildman–Crippen MR) is 106 cm³/mol. The van der Waals surface area contributed by atoms with E-state index in [4.69, 9.17) is 10.5 Å². The lowest BCUT2D eigenvalue weighted by Gasteiger charge is -2.65. The quantitative estimate of drug-likeness (QED) is 0.554. The molecule has 2 aliphatic heterocycles. The molecule has 4 atom stereocenters. The van der Waals surface area contributed by atoms with Crippen molar-refractivity contribution in [2.45, 2.75) is 57.0 Å². The van der Waals surface area contributed by atoms with E-state index < -0.39 is 11.7 Å². The molecule has 0 aromatic carbocycles. The smallest absolute Gasteiger partial charge is 0.383 e. The molecule has 2 aliphatic rings. The number of rotatable bonds is 6. The molecular formula is C19H27F3N6O. The third-order valence-corrected chi connectivity index (χ3v) is 5.95. The van der Waals surface area contributed by atoms with E-state index in [1.165, 1.54) is 13.1 Å². The molecule has 3 N–H and O–H groups in total. The molecule has 1 aromatic heterocycles. The molecule has 0 amide bonds. The van der Waals surface area contributed by atoms with Crippen LogP contribution >= 0.6 is 0 Å². The number of pyridine rings is 1. The van der Waals surface area contributed by atoms with Gasteiger partial charge in [0, 0.05) is 32.0 Å². The first-order valence-electron chi connectivity index (χ1n) is 9.52. The van der Waals surface area contributed by atoms with E-state index in [1.54, 1.807) is 7.11 Å². The van der Waals surface area contributed by atoms with E-state index in [-0.39, 0.29) is 34.9 Å². The SMILES string of the molecule is CN=CN=C(N)c1cc(NN2[C@@H]3C[C@@H](C)C[C@@]2(C(C)OC)C3)ncc1C(F)(F)F. The van der Waals surface area contributed by atoms with Gasteiger partial charge in [0.05, 0.1) is 17.2 Å². The Balaban J connectivity index is 1.94. The van der Waals surface area contributed by atoms with Crippen molar-refractivity contribution in [3.05, 3.63) is 23.4 Å². The van der Waals surface area contributed by atoms with Crippen molar-refractivity contribution < 1.29 is 17.9 Å². The van der Waals surface area contributed by atoms with Crippen LogP contribution in [0.5, 0.6) is 0 Å². The minimum Gasteiger partial charge on any atom is -0.383 e. The highest BCUT2D eigenvalue weighted by Gasteiger charge is 2.59. The lowest BCUT2D eigenvalue weighted by molar-refractivity contribution is -0.174. The standard InChI is InChI=1S/C19H27F3N6O/c1-11-5-13-8-18(7-11,12(2)29-4)28(13)27-16-6-14(17(23)26-10-24-3)15(9-25-16)19(20,21)22/h6,9-13H,5,7-8H2,1-4H3,(H,25,27)(H2,23,24,26)/t11-,12?,13-,18+/m1/s1. The van der Waals surface area contributed by atoms with Crippen LogP contribution in [0.15, 0.2) is 22.2 Å². The van der Waals surface area contributed by atoms with Crippen molar-refractivity contribution in [3.8, 4) is 0 Å². The summed E-state index contributed by atoms with van der Waals surface area (Å²) >= 11 is 0. The molecule has 10 heteroatoms. The molecule has 7 nitrogen and oxygen atoms in total. The minimum absolute atomic E-state index is 0.0321. The first kappa shape index (κ1) is 21.5. The summed E-state index contributed by atoms with van der Waals surface area (Å²) in [6.45, 7) is 4.23. The largest absolute Gasteiger partial charge is 0.418 e. The Morgan fingerprint density at radius 2 is 2.21 bits per heavy atom. The monoisotopic (exact) mass is 412 g/mol. The van der Waals surface area contributed by atoms with E-state index in [2.05, 4.69) is 32.3 Å². The van der Waals surface area contributed by atoms with E-state index >= 15 is 0 Å². The van der Waals surface area contributed by atoms with Crippen LogP contribution in [-0.4, -0.2) is 54.0 Å². The van der Waals surface area contributed by atoms with Crippen molar-refractivity contribution in [3.63, 3.8) is 0 Å². The Hall–Kier alpha value is -2.20. The van der Waals surface area contributed by atoms with Crippen molar-refractivity contribution in [2.75, 3.05) is 19.6 Å². The van der Waals surface area contributed by atoms with E-state index in [1.807, 2.05) is 6.92 Å². The van der Waals surface area contributed by atoms with Gasteiger partial charge in [0.1, 0.15) is 18.0 Å². The van der Waals surface area contributed by atoms with Crippen LogP contribution in [0.3, 0.4) is 0 Å². The maximum absolute atomic E-state index is 13.4. The molecule has 2 saturated heterocycles. The number of aliphatic imine (C=N–C) groups is 2. The maximum atomic E-state index is 13.4. The fourth-order valence-electron chi connectivity index (χ4n) is 4.59. The summed E-state index contributed by atoms with van der Waals surface area (Å²) in [5, 5.41) is 2.08. The third kappa shape index (κ3) is 3.95. The number of ether oxygens (including phenoxy) is 1. The number of fused-ring (bicyclic) bond motifs is 2. The average Bonchev–Trinajstić information content (AvgIpc) is 2.68. The molecular weight excluding hydrogens is 385 g/mol. The fourth-order valence-corrected chi connectivity index (χ4v) is 4.59. The van der Waals surface area contributed by atoms with Gasteiger partial charge in [0.2, 0.25) is 0 Å². The number of halogens is 3. The highest BCUT2D eigenvalue weighted by molar-refractivity contribution is 6.03. The van der Waals surface area contributed by atoms with Gasteiger partial charge in [-0.05, 0) is 38.2 Å². The summed E-state index contributed by atoms with van der Waals surface area (Å²) in [5.41, 5.74) is 7.63. The van der Waals surface area contributed by atoms with E-state index in [0.717, 1.165) is 31.8 Å². The minimum atomic E-state index is -4.60. The number of piperidine rings is 1. The zero-order valence-corrected chi connectivity index (χ0v) is 17.0. The second kappa shape index (κ2) is 7.91. The fraction of sp³-hybridized carbons (Fsp3) is 0.632. The number of alkyl halides is 3. The summed E-state index contributed by atoms with van der Waals surface area (Å²) in [6, 6.07) is 1.57. The first-order chi connectivity index (χ1) is 13.6. The molecule has 1 aromatic rings. The number of nitrogens with one attached hydrogen (secondary N) is 1. The molecule has 0 saturated carbocycles. The summed E-state index contributed by atoms with van der Waals surface area (Å²) in [5.74, 6) is 0.564. The number of amidine groups is 1. The number of methoxy groups -OCH3 is 1. The Kier molecular flexibility index (Phi) is 5.86. The third-order valence-electron chi connectivity index (χ3n) is 5.95. The van der Waals surface area contributed by atoms with Crippen LogP contribution in [0, 0.1) is 5.92 Å². The molecule has 2 fully saturated rings. The van der Waals surface area contributed by atoms with Gasteiger partial charge in [-0.3, -0.25) is 4.99 Å². The number of anilines is 1. The summed E-state index contributed by atoms with van der Waals surface area (Å²) in [6.07, 6.45) is 0.190. The summed E-state index contributed by atoms with van der Waals surface area (Å²) < 4.78 is 45.9. The van der Waals surface area contributed by atoms with Crippen LogP contribution in [0.25, 0.3) is 0 Å². The van der Waals surface area contributed by atoms with E-state index in [9.17, 15) is 13.2 Å². The zero-order valence-electron chi connectivity index (χ0n) is 17.0. The molecule has 0 radical (unpaired) electrons. The zero-order chi connectivity index (χ0) is 21.4. The topological polar surface area (TPSA) is 88.1 Å². The van der Waals surface area contributed by atoms with Crippen LogP contribution in [-0.2, 0) is 10.9 Å². The molecule has 3 heterocycles. The van der Waals surface area contributed by atoms with Gasteiger partial charge in [-0.15, -0.1) is 0 Å². The molecule has 0 spiro atoms. The van der Waals surface area contributed by atoms with E-state index in [0.29, 0.717) is 5.92 Å². The van der Waals surface area contributed by atoms with Gasteiger partial charge in [0.15, 0.2) is 0 Å². The van der Waals surface area contributed by atoms with Gasteiger partial charge in [-0.25, -0.2) is 15.0 Å². The van der Waals surface area contributed by atoms with Gasteiger partial charge in [-0.1, -0.05) is 6.92 Å². The highest BCUT2D eigenvalue weighted by atomic mass is 19.4. The first-order valence-corrected chi connectivity index (χ1v) is 9.52. The molecule has 0 aliphatic carbocycles. The number of hydrogen-bond acceptors (Lipinski definition) is 5.